The number of aliphatic imine (C=N–C) groups is 1. The Morgan fingerprint density at radius 2 is 1.33 bits per heavy atom. The summed E-state index contributed by atoms with van der Waals surface area (Å²) in [7, 11) is 0. The molecule has 256 valence electrons. The van der Waals surface area contributed by atoms with Crippen LogP contribution in [0.3, 0.4) is 0 Å². The van der Waals surface area contributed by atoms with Crippen molar-refractivity contribution >= 4 is 23.1 Å². The summed E-state index contributed by atoms with van der Waals surface area (Å²) in [6.07, 6.45) is 11.1. The smallest absolute Gasteiger partial charge is 0.200 e. The Labute approximate surface area is 288 Å². The molecule has 0 fully saturated rings. The maximum atomic E-state index is 14.8. The number of rotatable bonds is 18. The molecule has 1 N–H and O–H groups in total. The molecule has 0 saturated carbocycles. The van der Waals surface area contributed by atoms with E-state index in [1.807, 2.05) is 11.2 Å². The van der Waals surface area contributed by atoms with Gasteiger partial charge >= 0.3 is 0 Å². The minimum Gasteiger partial charge on any atom is -0.505 e. The van der Waals surface area contributed by atoms with Gasteiger partial charge in [0.25, 0.3) is 0 Å². The van der Waals surface area contributed by atoms with Gasteiger partial charge in [0.15, 0.2) is 23.2 Å². The van der Waals surface area contributed by atoms with Gasteiger partial charge in [0.05, 0.1) is 18.4 Å². The number of isothiocyanates is 1. The quantitative estimate of drug-likeness (QED) is 0.0371. The van der Waals surface area contributed by atoms with E-state index in [9.17, 15) is 27.1 Å². The lowest BCUT2D eigenvalue weighted by atomic mass is 10.0. The number of nitrogens with zero attached hydrogens (tertiary/aromatic N) is 1. The fourth-order valence-electron chi connectivity index (χ4n) is 5.21. The second-order valence-electron chi connectivity index (χ2n) is 11.3. The molecule has 0 heterocycles. The monoisotopic (exact) mass is 693 g/mol. The van der Waals surface area contributed by atoms with E-state index in [2.05, 4.69) is 29.9 Å². The highest BCUT2D eigenvalue weighted by molar-refractivity contribution is 7.78. The molecule has 0 aromatic heterocycles. The number of hydrogen-bond acceptors (Lipinski definition) is 5. The number of ether oxygens (including phenoxy) is 2. The van der Waals surface area contributed by atoms with Gasteiger partial charge in [-0.2, -0.15) is 9.38 Å². The largest absolute Gasteiger partial charge is 0.505 e. The Balaban J connectivity index is 1.19. The van der Waals surface area contributed by atoms with Crippen molar-refractivity contribution in [1.29, 1.82) is 0 Å². The summed E-state index contributed by atoms with van der Waals surface area (Å²) in [4.78, 5) is 3.37. The van der Waals surface area contributed by atoms with Crippen LogP contribution in [0.4, 0.5) is 27.6 Å². The van der Waals surface area contributed by atoms with Gasteiger partial charge < -0.3 is 14.6 Å². The predicted octanol–water partition coefficient (Wildman–Crippen LogP) is 11.8. The minimum absolute atomic E-state index is 0.0285. The minimum atomic E-state index is -1.28. The molecule has 0 radical (unpaired) electrons. The van der Waals surface area contributed by atoms with Crippen LogP contribution in [0.2, 0.25) is 0 Å². The number of phenols is 1. The highest BCUT2D eigenvalue weighted by Crippen LogP contribution is 2.33. The van der Waals surface area contributed by atoms with E-state index in [0.29, 0.717) is 30.3 Å². The van der Waals surface area contributed by atoms with Crippen LogP contribution in [0.1, 0.15) is 51.4 Å². The zero-order valence-electron chi connectivity index (χ0n) is 26.8. The molecule has 4 aromatic rings. The molecule has 0 spiro atoms. The number of unbranched alkanes of at least 4 members (excludes halogenated alkanes) is 3. The molecule has 0 aliphatic rings. The van der Waals surface area contributed by atoms with Gasteiger partial charge in [-0.3, -0.25) is 0 Å². The first-order valence-electron chi connectivity index (χ1n) is 15.9. The number of benzene rings is 4. The second-order valence-corrected chi connectivity index (χ2v) is 11.4. The molecule has 4 nitrogen and oxygen atoms in total. The number of halogens is 5. The lowest BCUT2D eigenvalue weighted by molar-refractivity contribution is 0.303. The highest BCUT2D eigenvalue weighted by Gasteiger charge is 2.16. The number of hydrogen-bond donors (Lipinski definition) is 1. The van der Waals surface area contributed by atoms with Crippen molar-refractivity contribution in [2.75, 3.05) is 13.2 Å². The average Bonchev–Trinajstić information content (AvgIpc) is 3.08. The molecule has 0 aliphatic heterocycles. The SMILES string of the molecule is C=CCC/C=C(\CCCCOc1ccc(-c2ccc(O)c(F)c2F)cc1)CCCCOc1ccc(-c2cc(F)c(N=C=S)c(F)c2)c(F)c1. The van der Waals surface area contributed by atoms with E-state index in [-0.39, 0.29) is 16.7 Å². The number of aromatic hydroxyl groups is 1. The Morgan fingerprint density at radius 3 is 1.94 bits per heavy atom. The first kappa shape index (κ1) is 37.0. The second kappa shape index (κ2) is 18.7. The lowest BCUT2D eigenvalue weighted by Crippen LogP contribution is -2.00. The number of phenolic OH excluding ortho intramolecular Hbond substituents is 1. The van der Waals surface area contributed by atoms with Gasteiger partial charge in [0, 0.05) is 17.2 Å². The third-order valence-corrected chi connectivity index (χ3v) is 7.87. The first-order valence-corrected chi connectivity index (χ1v) is 16.3. The zero-order chi connectivity index (χ0) is 35.2. The Hall–Kier alpha value is -4.79. The fraction of sp³-hybridized carbons (Fsp3) is 0.256. The third kappa shape index (κ3) is 10.6. The van der Waals surface area contributed by atoms with E-state index in [0.717, 1.165) is 69.6 Å². The molecular formula is C39H36F5NO3S. The van der Waals surface area contributed by atoms with Crippen LogP contribution in [-0.2, 0) is 0 Å². The van der Waals surface area contributed by atoms with E-state index in [4.69, 9.17) is 9.47 Å². The van der Waals surface area contributed by atoms with Crippen LogP contribution in [0, 0.1) is 29.1 Å². The van der Waals surface area contributed by atoms with Crippen LogP contribution in [0.5, 0.6) is 17.2 Å². The van der Waals surface area contributed by atoms with Crippen LogP contribution in [0.25, 0.3) is 22.3 Å². The van der Waals surface area contributed by atoms with Gasteiger partial charge in [-0.05, 0) is 123 Å². The van der Waals surface area contributed by atoms with Crippen LogP contribution in [-0.4, -0.2) is 23.5 Å². The Morgan fingerprint density at radius 1 is 0.714 bits per heavy atom. The molecule has 4 aromatic carbocycles. The fourth-order valence-corrected chi connectivity index (χ4v) is 5.30. The van der Waals surface area contributed by atoms with Gasteiger partial charge in [-0.15, -0.1) is 6.58 Å². The average molecular weight is 694 g/mol. The van der Waals surface area contributed by atoms with E-state index in [1.54, 1.807) is 30.3 Å². The van der Waals surface area contributed by atoms with Crippen LogP contribution >= 0.6 is 12.2 Å². The summed E-state index contributed by atoms with van der Waals surface area (Å²) in [5.74, 6) is -4.77. The van der Waals surface area contributed by atoms with Crippen LogP contribution in [0.15, 0.2) is 96.0 Å². The molecule has 4 rings (SSSR count). The molecule has 0 saturated heterocycles. The lowest BCUT2D eigenvalue weighted by Gasteiger charge is -2.11. The van der Waals surface area contributed by atoms with Gasteiger partial charge in [-0.1, -0.05) is 29.9 Å². The Kier molecular flexibility index (Phi) is 14.1. The van der Waals surface area contributed by atoms with Gasteiger partial charge in [-0.25, -0.2) is 17.6 Å². The summed E-state index contributed by atoms with van der Waals surface area (Å²) >= 11 is 4.41. The van der Waals surface area contributed by atoms with Crippen molar-refractivity contribution in [2.24, 2.45) is 4.99 Å². The van der Waals surface area contributed by atoms with E-state index >= 15 is 0 Å². The molecule has 10 heteroatoms. The number of allylic oxidation sites excluding steroid dienone is 3. The maximum Gasteiger partial charge on any atom is 0.200 e. The zero-order valence-corrected chi connectivity index (χ0v) is 27.6. The molecule has 0 amide bonds. The molecular weight excluding hydrogens is 657 g/mol. The van der Waals surface area contributed by atoms with Crippen LogP contribution < -0.4 is 9.47 Å². The van der Waals surface area contributed by atoms with Crippen molar-refractivity contribution in [2.45, 2.75) is 51.4 Å². The standard InChI is InChI=1S/C39H36F5NO3S/c1-2-3-4-9-26(10-5-7-20-47-29-14-12-27(13-15-29)32-18-19-36(46)38(44)37(32)43)11-6-8-21-48-30-16-17-31(33(40)24-30)28-22-34(41)39(45-25-49)35(42)23-28/h2,9,12-19,22-24,46H,1,3-8,10-11,20-21H2/b26-9+. The van der Waals surface area contributed by atoms with Crippen molar-refractivity contribution in [3.8, 4) is 39.5 Å². The Bertz CT molecular complexity index is 1800. The highest BCUT2D eigenvalue weighted by atomic mass is 32.1. The summed E-state index contributed by atoms with van der Waals surface area (Å²) in [6.45, 7) is 4.68. The summed E-state index contributed by atoms with van der Waals surface area (Å²) in [5.41, 5.74) is 1.36. The topological polar surface area (TPSA) is 51.0 Å². The first-order chi connectivity index (χ1) is 23.7. The third-order valence-electron chi connectivity index (χ3n) is 7.78. The van der Waals surface area contributed by atoms with Crippen molar-refractivity contribution in [3.05, 3.63) is 120 Å². The van der Waals surface area contributed by atoms with Crippen molar-refractivity contribution < 1.29 is 36.5 Å². The van der Waals surface area contributed by atoms with Gasteiger partial charge in [0.1, 0.15) is 23.0 Å². The number of thiocarbonyl (C=S) groups is 1. The maximum absolute atomic E-state index is 14.8. The van der Waals surface area contributed by atoms with E-state index < -0.39 is 40.5 Å². The molecule has 0 aliphatic carbocycles. The molecule has 49 heavy (non-hydrogen) atoms. The van der Waals surface area contributed by atoms with Gasteiger partial charge in [0.2, 0.25) is 5.82 Å². The molecule has 0 atom stereocenters. The summed E-state index contributed by atoms with van der Waals surface area (Å²) < 4.78 is 82.8. The summed E-state index contributed by atoms with van der Waals surface area (Å²) in [5, 5.41) is 11.3. The normalized spacial score (nSPS) is 11.2. The molecule has 0 bridgehead atoms. The van der Waals surface area contributed by atoms with Crippen molar-refractivity contribution in [1.82, 2.24) is 0 Å². The van der Waals surface area contributed by atoms with E-state index in [1.165, 1.54) is 23.8 Å². The molecule has 0 unspecified atom stereocenters. The predicted molar refractivity (Wildman–Crippen MR) is 186 cm³/mol. The van der Waals surface area contributed by atoms with Crippen molar-refractivity contribution in [3.63, 3.8) is 0 Å². The summed E-state index contributed by atoms with van der Waals surface area (Å²) in [6, 6.07) is 15.3.